The highest BCUT2D eigenvalue weighted by molar-refractivity contribution is 7.15. The van der Waals surface area contributed by atoms with Crippen molar-refractivity contribution in [2.24, 2.45) is 0 Å². The van der Waals surface area contributed by atoms with Gasteiger partial charge in [0.1, 0.15) is 18.1 Å². The lowest BCUT2D eigenvalue weighted by Gasteiger charge is -2.15. The number of imidazole rings is 1. The van der Waals surface area contributed by atoms with Crippen molar-refractivity contribution >= 4 is 39.5 Å². The van der Waals surface area contributed by atoms with Gasteiger partial charge in [-0.2, -0.15) is 0 Å². The molecular weight excluding hydrogens is 582 g/mol. The van der Waals surface area contributed by atoms with Crippen LogP contribution >= 0.6 is 11.3 Å². The number of aromatic nitrogens is 4. The number of nitrogens with zero attached hydrogens (tertiary/aromatic N) is 5. The van der Waals surface area contributed by atoms with Crippen LogP contribution in [0.1, 0.15) is 18.4 Å². The standard InChI is InChI=1S/C35H33N7O2S/c43-31(22-25-8-2-1-3-9-25)37-27-11-6-10-26(23-27)32-33(42-19-21-45-35(42)40-32)30-14-15-36-34(39-30)38-28-12-7-13-29(24-28)44-20-18-41-16-4-5-17-41/h1-3,6-15,19,21,23-24H,4-5,16-18,20,22H2,(H,37,43)(H,36,38,39). The summed E-state index contributed by atoms with van der Waals surface area (Å²) < 4.78 is 8.08. The zero-order valence-corrected chi connectivity index (χ0v) is 25.5. The van der Waals surface area contributed by atoms with Crippen molar-refractivity contribution in [2.75, 3.05) is 36.9 Å². The maximum atomic E-state index is 12.8. The van der Waals surface area contributed by atoms with Crippen molar-refractivity contribution in [3.05, 3.63) is 108 Å². The summed E-state index contributed by atoms with van der Waals surface area (Å²) in [4.78, 5) is 30.4. The van der Waals surface area contributed by atoms with Gasteiger partial charge in [0.15, 0.2) is 4.96 Å². The first-order valence-electron chi connectivity index (χ1n) is 15.1. The van der Waals surface area contributed by atoms with E-state index >= 15 is 0 Å². The molecule has 0 aliphatic carbocycles. The maximum Gasteiger partial charge on any atom is 0.228 e. The molecule has 2 N–H and O–H groups in total. The number of hydrogen-bond acceptors (Lipinski definition) is 8. The van der Waals surface area contributed by atoms with Crippen LogP contribution < -0.4 is 15.4 Å². The first-order chi connectivity index (χ1) is 22.2. The van der Waals surface area contributed by atoms with Crippen molar-refractivity contribution in [3.8, 4) is 28.4 Å². The minimum Gasteiger partial charge on any atom is -0.492 e. The zero-order chi connectivity index (χ0) is 30.4. The lowest BCUT2D eigenvalue weighted by Crippen LogP contribution is -2.25. The molecule has 0 radical (unpaired) electrons. The van der Waals surface area contributed by atoms with Gasteiger partial charge >= 0.3 is 0 Å². The van der Waals surface area contributed by atoms with E-state index in [4.69, 9.17) is 14.7 Å². The fraction of sp³-hybridized carbons (Fsp3) is 0.200. The first-order valence-corrected chi connectivity index (χ1v) is 16.0. The van der Waals surface area contributed by atoms with Crippen LogP contribution in [0.3, 0.4) is 0 Å². The number of likely N-dealkylation sites (tertiary alicyclic amines) is 1. The van der Waals surface area contributed by atoms with Crippen LogP contribution in [0.15, 0.2) is 103 Å². The number of rotatable bonds is 11. The van der Waals surface area contributed by atoms with Gasteiger partial charge in [0, 0.05) is 47.3 Å². The molecule has 10 heteroatoms. The molecule has 0 saturated carbocycles. The van der Waals surface area contributed by atoms with Crippen LogP contribution in [0.2, 0.25) is 0 Å². The summed E-state index contributed by atoms with van der Waals surface area (Å²) in [5.74, 6) is 1.21. The van der Waals surface area contributed by atoms with Gasteiger partial charge in [-0.25, -0.2) is 15.0 Å². The molecule has 3 aromatic heterocycles. The molecule has 1 saturated heterocycles. The lowest BCUT2D eigenvalue weighted by molar-refractivity contribution is -0.115. The molecule has 0 bridgehead atoms. The third kappa shape index (κ3) is 6.87. The first kappa shape index (κ1) is 28.7. The molecule has 6 aromatic rings. The van der Waals surface area contributed by atoms with Crippen molar-refractivity contribution in [3.63, 3.8) is 0 Å². The summed E-state index contributed by atoms with van der Waals surface area (Å²) in [6, 6.07) is 27.3. The predicted octanol–water partition coefficient (Wildman–Crippen LogP) is 6.92. The maximum absolute atomic E-state index is 12.8. The highest BCUT2D eigenvalue weighted by Gasteiger charge is 2.19. The van der Waals surface area contributed by atoms with Gasteiger partial charge in [-0.15, -0.1) is 11.3 Å². The van der Waals surface area contributed by atoms with Gasteiger partial charge in [0.2, 0.25) is 11.9 Å². The van der Waals surface area contributed by atoms with Crippen LogP contribution in [0.5, 0.6) is 5.75 Å². The minimum atomic E-state index is -0.0722. The van der Waals surface area contributed by atoms with Crippen LogP contribution in [0.4, 0.5) is 17.3 Å². The average Bonchev–Trinajstić information content (AvgIpc) is 3.81. The fourth-order valence-electron chi connectivity index (χ4n) is 5.60. The van der Waals surface area contributed by atoms with Gasteiger partial charge in [-0.05, 0) is 61.8 Å². The third-order valence-electron chi connectivity index (χ3n) is 7.75. The quantitative estimate of drug-likeness (QED) is 0.163. The molecule has 0 unspecified atom stereocenters. The second-order valence-corrected chi connectivity index (χ2v) is 11.8. The Balaban J connectivity index is 1.11. The van der Waals surface area contributed by atoms with E-state index in [-0.39, 0.29) is 5.91 Å². The largest absolute Gasteiger partial charge is 0.492 e. The number of anilines is 3. The smallest absolute Gasteiger partial charge is 0.228 e. The van der Waals surface area contributed by atoms with E-state index in [1.165, 1.54) is 12.8 Å². The molecule has 45 heavy (non-hydrogen) atoms. The molecule has 1 amide bonds. The van der Waals surface area contributed by atoms with Crippen molar-refractivity contribution in [1.29, 1.82) is 0 Å². The number of hydrogen-bond donors (Lipinski definition) is 2. The molecule has 3 aromatic carbocycles. The molecule has 1 fully saturated rings. The van der Waals surface area contributed by atoms with Gasteiger partial charge in [0.05, 0.1) is 17.8 Å². The highest BCUT2D eigenvalue weighted by atomic mass is 32.1. The van der Waals surface area contributed by atoms with E-state index in [0.29, 0.717) is 24.7 Å². The highest BCUT2D eigenvalue weighted by Crippen LogP contribution is 2.35. The topological polar surface area (TPSA) is 96.7 Å². The number of benzene rings is 3. The normalized spacial score (nSPS) is 13.2. The Bertz CT molecular complexity index is 1910. The number of carbonyl (C=O) groups excluding carboxylic acids is 1. The molecule has 226 valence electrons. The SMILES string of the molecule is O=C(Cc1ccccc1)Nc1cccc(-c2nc3sccn3c2-c2ccnc(Nc3cccc(OCCN4CCCC4)c3)n2)c1. The number of carbonyl (C=O) groups is 1. The van der Waals surface area contributed by atoms with Crippen molar-refractivity contribution in [2.45, 2.75) is 19.3 Å². The lowest BCUT2D eigenvalue weighted by atomic mass is 10.1. The summed E-state index contributed by atoms with van der Waals surface area (Å²) >= 11 is 1.56. The van der Waals surface area contributed by atoms with E-state index in [1.807, 2.05) is 101 Å². The van der Waals surface area contributed by atoms with Gasteiger partial charge in [-0.3, -0.25) is 14.1 Å². The molecule has 0 spiro atoms. The summed E-state index contributed by atoms with van der Waals surface area (Å²) in [5.41, 5.74) is 5.76. The van der Waals surface area contributed by atoms with E-state index in [0.717, 1.165) is 64.2 Å². The molecule has 1 aliphatic rings. The molecule has 0 atom stereocenters. The fourth-order valence-corrected chi connectivity index (χ4v) is 6.32. The van der Waals surface area contributed by atoms with Crippen molar-refractivity contribution in [1.82, 2.24) is 24.3 Å². The molecule has 1 aliphatic heterocycles. The van der Waals surface area contributed by atoms with E-state index in [9.17, 15) is 4.79 Å². The number of nitrogens with one attached hydrogen (secondary N) is 2. The molecule has 9 nitrogen and oxygen atoms in total. The van der Waals surface area contributed by atoms with Crippen LogP contribution in [-0.4, -0.2) is 56.4 Å². The number of ether oxygens (including phenoxy) is 1. The zero-order valence-electron chi connectivity index (χ0n) is 24.7. The second kappa shape index (κ2) is 13.3. The van der Waals surface area contributed by atoms with E-state index in [1.54, 1.807) is 17.5 Å². The van der Waals surface area contributed by atoms with Gasteiger partial charge in [0.25, 0.3) is 0 Å². The third-order valence-corrected chi connectivity index (χ3v) is 8.51. The molecular formula is C35H33N7O2S. The second-order valence-electron chi connectivity index (χ2n) is 11.0. The minimum absolute atomic E-state index is 0.0722. The van der Waals surface area contributed by atoms with Crippen LogP contribution in [-0.2, 0) is 11.2 Å². The monoisotopic (exact) mass is 615 g/mol. The van der Waals surface area contributed by atoms with Crippen molar-refractivity contribution < 1.29 is 9.53 Å². The Hall–Kier alpha value is -5.06. The number of amides is 1. The Kier molecular flexibility index (Phi) is 8.48. The van der Waals surface area contributed by atoms with Gasteiger partial charge in [-0.1, -0.05) is 48.5 Å². The predicted molar refractivity (Wildman–Crippen MR) is 179 cm³/mol. The summed E-state index contributed by atoms with van der Waals surface area (Å²) in [6.45, 7) is 3.92. The molecule has 4 heterocycles. The Morgan fingerprint density at radius 2 is 1.76 bits per heavy atom. The average molecular weight is 616 g/mol. The van der Waals surface area contributed by atoms with Crippen LogP contribution in [0.25, 0.3) is 27.6 Å². The van der Waals surface area contributed by atoms with Crippen LogP contribution in [0, 0.1) is 0 Å². The van der Waals surface area contributed by atoms with E-state index < -0.39 is 0 Å². The summed E-state index contributed by atoms with van der Waals surface area (Å²) in [7, 11) is 0. The Morgan fingerprint density at radius 1 is 0.911 bits per heavy atom. The van der Waals surface area contributed by atoms with E-state index in [2.05, 4.69) is 20.5 Å². The Labute approximate surface area is 265 Å². The summed E-state index contributed by atoms with van der Waals surface area (Å²) in [5, 5.41) is 8.38. The molecule has 7 rings (SSSR count). The summed E-state index contributed by atoms with van der Waals surface area (Å²) in [6.07, 6.45) is 6.60. The Morgan fingerprint density at radius 3 is 2.64 bits per heavy atom. The number of thiazole rings is 1. The van der Waals surface area contributed by atoms with Gasteiger partial charge < -0.3 is 15.4 Å². The number of fused-ring (bicyclic) bond motifs is 1.